The molecule has 5 aromatic rings. The number of carbonyl (C=O) groups excluding carboxylic acids is 2. The summed E-state index contributed by atoms with van der Waals surface area (Å²) in [5, 5.41) is 19.5. The second-order valence-electron chi connectivity index (χ2n) is 11.3. The number of nitrogens with one attached hydrogen (secondary N) is 4. The van der Waals surface area contributed by atoms with Crippen LogP contribution < -0.4 is 16.0 Å². The van der Waals surface area contributed by atoms with Crippen molar-refractivity contribution in [3.8, 4) is 5.75 Å². The van der Waals surface area contributed by atoms with Crippen LogP contribution in [0.4, 0.5) is 10.5 Å². The fourth-order valence-electron chi connectivity index (χ4n) is 5.96. The van der Waals surface area contributed by atoms with E-state index in [9.17, 15) is 14.7 Å². The van der Waals surface area contributed by atoms with Gasteiger partial charge < -0.3 is 35.5 Å². The highest BCUT2D eigenvalue weighted by molar-refractivity contribution is 5.98. The van der Waals surface area contributed by atoms with Crippen molar-refractivity contribution in [1.29, 1.82) is 0 Å². The molecule has 0 unspecified atom stereocenters. The van der Waals surface area contributed by atoms with Crippen LogP contribution in [0.3, 0.4) is 0 Å². The van der Waals surface area contributed by atoms with Gasteiger partial charge in [-0.1, -0.05) is 84.9 Å². The molecule has 2 amide bonds. The summed E-state index contributed by atoms with van der Waals surface area (Å²) in [5.74, 6) is 0.0516. The zero-order valence-corrected chi connectivity index (χ0v) is 25.5. The molecule has 1 saturated heterocycles. The number of aromatic hydroxyl groups is 1. The Morgan fingerprint density at radius 2 is 1.65 bits per heavy atom. The molecule has 0 spiro atoms. The first-order valence-electron chi connectivity index (χ1n) is 15.4. The van der Waals surface area contributed by atoms with Crippen LogP contribution in [0, 0.1) is 0 Å². The summed E-state index contributed by atoms with van der Waals surface area (Å²) in [6.07, 6.45) is 0.674. The molecule has 3 atom stereocenters. The number of amides is 2. The van der Waals surface area contributed by atoms with Crippen molar-refractivity contribution >= 4 is 28.7 Å². The van der Waals surface area contributed by atoms with Crippen LogP contribution in [0.5, 0.6) is 5.75 Å². The van der Waals surface area contributed by atoms with Gasteiger partial charge in [-0.3, -0.25) is 4.79 Å². The highest BCUT2D eigenvalue weighted by Crippen LogP contribution is 2.30. The van der Waals surface area contributed by atoms with Gasteiger partial charge in [0.1, 0.15) is 23.1 Å². The maximum atomic E-state index is 14.0. The van der Waals surface area contributed by atoms with Crippen molar-refractivity contribution in [2.24, 2.45) is 0 Å². The van der Waals surface area contributed by atoms with E-state index in [1.807, 2.05) is 91.0 Å². The highest BCUT2D eigenvalue weighted by atomic mass is 16.5. The monoisotopic (exact) mass is 619 g/mol. The van der Waals surface area contributed by atoms with Crippen LogP contribution in [0.25, 0.3) is 11.0 Å². The highest BCUT2D eigenvalue weighted by Gasteiger charge is 2.33. The molecule has 1 fully saturated rings. The first-order valence-corrected chi connectivity index (χ1v) is 15.4. The number of fused-ring (bicyclic) bond motifs is 1. The van der Waals surface area contributed by atoms with Crippen LogP contribution >= 0.6 is 0 Å². The van der Waals surface area contributed by atoms with Gasteiger partial charge in [-0.2, -0.15) is 0 Å². The van der Waals surface area contributed by atoms with Gasteiger partial charge in [0.15, 0.2) is 0 Å². The number of imidazole rings is 1. The molecular formula is C36H37N5O5. The molecule has 4 aromatic carbocycles. The number of carbonyl (C=O) groups is 2. The van der Waals surface area contributed by atoms with E-state index in [-0.39, 0.29) is 23.8 Å². The lowest BCUT2D eigenvalue weighted by Gasteiger charge is -2.30. The Morgan fingerprint density at radius 1 is 0.957 bits per heavy atom. The number of hydrogen-bond donors (Lipinski definition) is 5. The number of ether oxygens (including phenoxy) is 2. The SMILES string of the molecule is COC(=O)N[C@H](C(=O)Nc1ccccc1CC[C@@H]1CN[C@H](c2nc3c(O)cccc3[nH]2)CO1)C(c1ccccc1)c1ccccc1. The molecule has 0 radical (unpaired) electrons. The molecular weight excluding hydrogens is 582 g/mol. The van der Waals surface area contributed by atoms with E-state index in [0.29, 0.717) is 30.8 Å². The summed E-state index contributed by atoms with van der Waals surface area (Å²) >= 11 is 0. The molecule has 1 aromatic heterocycles. The largest absolute Gasteiger partial charge is 0.506 e. The summed E-state index contributed by atoms with van der Waals surface area (Å²) in [6, 6.07) is 31.2. The maximum Gasteiger partial charge on any atom is 0.407 e. The normalized spacial score (nSPS) is 17.0. The van der Waals surface area contributed by atoms with Crippen molar-refractivity contribution in [3.63, 3.8) is 0 Å². The minimum atomic E-state index is -0.951. The summed E-state index contributed by atoms with van der Waals surface area (Å²) < 4.78 is 11.1. The van der Waals surface area contributed by atoms with Crippen LogP contribution in [0.1, 0.15) is 40.9 Å². The van der Waals surface area contributed by atoms with Gasteiger partial charge in [0.25, 0.3) is 0 Å². The second-order valence-corrected chi connectivity index (χ2v) is 11.3. The summed E-state index contributed by atoms with van der Waals surface area (Å²) in [7, 11) is 1.28. The number of benzene rings is 4. The quantitative estimate of drug-likeness (QED) is 0.141. The van der Waals surface area contributed by atoms with Crippen molar-refractivity contribution < 1.29 is 24.2 Å². The van der Waals surface area contributed by atoms with Gasteiger partial charge in [-0.15, -0.1) is 0 Å². The number of morpholine rings is 1. The molecule has 0 saturated carbocycles. The number of H-pyrrole nitrogens is 1. The molecule has 1 aliphatic rings. The van der Waals surface area contributed by atoms with E-state index in [1.54, 1.807) is 12.1 Å². The number of alkyl carbamates (subject to hydrolysis) is 1. The van der Waals surface area contributed by atoms with Gasteiger partial charge in [-0.05, 0) is 47.7 Å². The Bertz CT molecular complexity index is 1730. The number of rotatable bonds is 10. The van der Waals surface area contributed by atoms with Crippen LogP contribution in [-0.4, -0.2) is 59.5 Å². The fraction of sp³-hybridized carbons (Fsp3) is 0.250. The van der Waals surface area contributed by atoms with Gasteiger partial charge >= 0.3 is 6.09 Å². The molecule has 236 valence electrons. The standard InChI is InChI=1S/C36H37N5O5/c1-45-36(44)41-33(31(24-12-4-2-5-13-24)25-14-6-3-7-15-25)35(43)39-27-16-9-8-11-23(27)19-20-26-21-37-29(22-46-26)34-38-28-17-10-18-30(42)32(28)40-34/h2-18,26,29,31,33,37,42H,19-22H2,1H3,(H,38,40)(H,39,43)(H,41,44)/t26-,29+,33+/m1/s1. The van der Waals surface area contributed by atoms with Crippen LogP contribution in [0.15, 0.2) is 103 Å². The molecule has 10 heteroatoms. The Hall–Kier alpha value is -5.19. The summed E-state index contributed by atoms with van der Waals surface area (Å²) in [4.78, 5) is 34.4. The third-order valence-corrected chi connectivity index (χ3v) is 8.33. The van der Waals surface area contributed by atoms with Gasteiger partial charge in [-0.25, -0.2) is 9.78 Å². The van der Waals surface area contributed by atoms with Gasteiger partial charge in [0, 0.05) is 18.2 Å². The van der Waals surface area contributed by atoms with Gasteiger partial charge in [0.05, 0.1) is 31.4 Å². The lowest BCUT2D eigenvalue weighted by Crippen LogP contribution is -2.48. The van der Waals surface area contributed by atoms with E-state index >= 15 is 0 Å². The maximum absolute atomic E-state index is 14.0. The minimum Gasteiger partial charge on any atom is -0.506 e. The smallest absolute Gasteiger partial charge is 0.407 e. The Morgan fingerprint density at radius 3 is 2.30 bits per heavy atom. The zero-order chi connectivity index (χ0) is 31.9. The Kier molecular flexibility index (Phi) is 9.56. The van der Waals surface area contributed by atoms with Gasteiger partial charge in [0.2, 0.25) is 5.91 Å². The second kappa shape index (κ2) is 14.3. The van der Waals surface area contributed by atoms with E-state index in [1.165, 1.54) is 7.11 Å². The average Bonchev–Trinajstić information content (AvgIpc) is 3.54. The third kappa shape index (κ3) is 7.03. The number of aromatic amines is 1. The molecule has 2 heterocycles. The number of para-hydroxylation sites is 2. The fourth-order valence-corrected chi connectivity index (χ4v) is 5.96. The lowest BCUT2D eigenvalue weighted by molar-refractivity contribution is -0.118. The lowest BCUT2D eigenvalue weighted by atomic mass is 9.84. The van der Waals surface area contributed by atoms with Crippen molar-refractivity contribution in [2.45, 2.75) is 36.9 Å². The number of hydrogen-bond acceptors (Lipinski definition) is 7. The molecule has 6 rings (SSSR count). The van der Waals surface area contributed by atoms with E-state index in [4.69, 9.17) is 9.47 Å². The van der Waals surface area contributed by atoms with E-state index in [0.717, 1.165) is 34.5 Å². The Labute approximate surface area is 267 Å². The predicted molar refractivity (Wildman–Crippen MR) is 176 cm³/mol. The van der Waals surface area contributed by atoms with E-state index in [2.05, 4.69) is 25.9 Å². The number of anilines is 1. The van der Waals surface area contributed by atoms with Crippen LogP contribution in [0.2, 0.25) is 0 Å². The summed E-state index contributed by atoms with van der Waals surface area (Å²) in [5.41, 5.74) is 4.73. The molecule has 1 aliphatic heterocycles. The predicted octanol–water partition coefficient (Wildman–Crippen LogP) is 5.43. The first-order chi connectivity index (χ1) is 22.5. The average molecular weight is 620 g/mol. The summed E-state index contributed by atoms with van der Waals surface area (Å²) in [6.45, 7) is 1.06. The topological polar surface area (TPSA) is 138 Å². The van der Waals surface area contributed by atoms with Crippen molar-refractivity contribution in [3.05, 3.63) is 126 Å². The minimum absolute atomic E-state index is 0.0351. The van der Waals surface area contributed by atoms with E-state index < -0.39 is 18.1 Å². The molecule has 0 aliphatic carbocycles. The number of aryl methyl sites for hydroxylation is 1. The van der Waals surface area contributed by atoms with Crippen LogP contribution in [-0.2, 0) is 20.7 Å². The zero-order valence-electron chi connectivity index (χ0n) is 25.5. The number of aromatic nitrogens is 2. The number of phenols is 1. The Balaban J connectivity index is 1.14. The first kappa shape index (κ1) is 30.8. The number of phenolic OH excluding ortho intramolecular Hbond substituents is 1. The number of nitrogens with zero attached hydrogens (tertiary/aromatic N) is 1. The number of methoxy groups -OCH3 is 1. The molecule has 46 heavy (non-hydrogen) atoms. The molecule has 0 bridgehead atoms. The van der Waals surface area contributed by atoms with Crippen molar-refractivity contribution in [2.75, 3.05) is 25.6 Å². The molecule has 5 N–H and O–H groups in total. The molecule has 10 nitrogen and oxygen atoms in total. The van der Waals surface area contributed by atoms with Crippen molar-refractivity contribution in [1.82, 2.24) is 20.6 Å². The third-order valence-electron chi connectivity index (χ3n) is 8.33.